The zero-order chi connectivity index (χ0) is 23.8. The topological polar surface area (TPSA) is 108 Å². The van der Waals surface area contributed by atoms with E-state index in [0.717, 1.165) is 31.4 Å². The van der Waals surface area contributed by atoms with Gasteiger partial charge in [-0.1, -0.05) is 24.6 Å². The Bertz CT molecular complexity index is 1170. The minimum atomic E-state index is -3.89. The van der Waals surface area contributed by atoms with E-state index in [4.69, 9.17) is 0 Å². The molecule has 0 aromatic heterocycles. The third kappa shape index (κ3) is 6.76. The van der Waals surface area contributed by atoms with Gasteiger partial charge < -0.3 is 15.5 Å². The number of benzene rings is 2. The lowest BCUT2D eigenvalue weighted by atomic mass is 10.1. The average molecular weight is 469 g/mol. The largest absolute Gasteiger partial charge is 0.362 e. The molecule has 1 heterocycles. The summed E-state index contributed by atoms with van der Waals surface area (Å²) in [6.07, 6.45) is 6.56. The van der Waals surface area contributed by atoms with Crippen molar-refractivity contribution in [2.24, 2.45) is 4.40 Å². The fraction of sp³-hybridized carbons (Fsp3) is 0.292. The summed E-state index contributed by atoms with van der Waals surface area (Å²) in [7, 11) is -0.477. The molecule has 0 spiro atoms. The Morgan fingerprint density at radius 3 is 2.55 bits per heavy atom. The number of anilines is 1. The lowest BCUT2D eigenvalue weighted by Crippen LogP contribution is -2.26. The summed E-state index contributed by atoms with van der Waals surface area (Å²) >= 11 is 0. The molecule has 0 bridgehead atoms. The molecule has 1 aliphatic rings. The van der Waals surface area contributed by atoms with Crippen LogP contribution in [0.25, 0.3) is 6.08 Å². The highest BCUT2D eigenvalue weighted by Gasteiger charge is 2.18. The highest BCUT2D eigenvalue weighted by molar-refractivity contribution is 7.90. The number of nitrogens with zero attached hydrogens (tertiary/aromatic N) is 2. The molecule has 33 heavy (non-hydrogen) atoms. The van der Waals surface area contributed by atoms with Crippen LogP contribution in [-0.2, 0) is 14.8 Å². The Kier molecular flexibility index (Phi) is 8.00. The van der Waals surface area contributed by atoms with Crippen LogP contribution in [0.2, 0.25) is 0 Å². The van der Waals surface area contributed by atoms with Gasteiger partial charge in [0.2, 0.25) is 5.91 Å². The molecule has 1 saturated heterocycles. The molecule has 2 amide bonds. The van der Waals surface area contributed by atoms with Crippen molar-refractivity contribution in [3.8, 4) is 0 Å². The molecule has 2 aromatic rings. The molecule has 0 saturated carbocycles. The van der Waals surface area contributed by atoms with E-state index in [1.54, 1.807) is 49.5 Å². The maximum atomic E-state index is 12.8. The number of amidine groups is 1. The van der Waals surface area contributed by atoms with Crippen LogP contribution in [0.1, 0.15) is 41.6 Å². The maximum absolute atomic E-state index is 12.8. The number of nitrogens with one attached hydrogen (secondary N) is 2. The number of carbonyl (C=O) groups excluding carboxylic acids is 2. The van der Waals surface area contributed by atoms with Gasteiger partial charge in [0.15, 0.2) is 0 Å². The molecule has 8 nitrogen and oxygen atoms in total. The molecular formula is C24H28N4O4S. The lowest BCUT2D eigenvalue weighted by molar-refractivity contribution is -0.111. The first-order valence-corrected chi connectivity index (χ1v) is 12.2. The van der Waals surface area contributed by atoms with E-state index in [1.807, 2.05) is 11.9 Å². The molecule has 0 radical (unpaired) electrons. The molecule has 2 N–H and O–H groups in total. The van der Waals surface area contributed by atoms with E-state index in [9.17, 15) is 18.0 Å². The number of hydrogen-bond donors (Lipinski definition) is 2. The number of amides is 2. The second-order valence-electron chi connectivity index (χ2n) is 7.77. The van der Waals surface area contributed by atoms with Gasteiger partial charge in [-0.05, 0) is 54.8 Å². The van der Waals surface area contributed by atoms with Gasteiger partial charge in [0.05, 0.1) is 4.90 Å². The van der Waals surface area contributed by atoms with Crippen LogP contribution < -0.4 is 10.6 Å². The highest BCUT2D eigenvalue weighted by Crippen LogP contribution is 2.20. The van der Waals surface area contributed by atoms with Crippen molar-refractivity contribution in [3.05, 3.63) is 65.7 Å². The molecule has 9 heteroatoms. The number of sulfonamides is 1. The first-order chi connectivity index (χ1) is 15.8. The van der Waals surface area contributed by atoms with Gasteiger partial charge in [-0.3, -0.25) is 9.59 Å². The molecule has 0 unspecified atom stereocenters. The minimum absolute atomic E-state index is 0.0271. The molecular weight excluding hydrogens is 440 g/mol. The predicted octanol–water partition coefficient (Wildman–Crippen LogP) is 3.29. The fourth-order valence-corrected chi connectivity index (χ4v) is 4.56. The first-order valence-electron chi connectivity index (χ1n) is 10.7. The summed E-state index contributed by atoms with van der Waals surface area (Å²) in [5.41, 5.74) is 1.63. The number of carbonyl (C=O) groups is 2. The zero-order valence-corrected chi connectivity index (χ0v) is 19.6. The van der Waals surface area contributed by atoms with Crippen LogP contribution in [-0.4, -0.2) is 51.6 Å². The van der Waals surface area contributed by atoms with Gasteiger partial charge in [-0.15, -0.1) is 4.40 Å². The Morgan fingerprint density at radius 1 is 1.06 bits per heavy atom. The Hall–Kier alpha value is -3.46. The molecule has 2 aromatic carbocycles. The quantitative estimate of drug-likeness (QED) is 0.633. The highest BCUT2D eigenvalue weighted by atomic mass is 32.2. The van der Waals surface area contributed by atoms with Crippen LogP contribution in [0, 0.1) is 0 Å². The van der Waals surface area contributed by atoms with E-state index in [1.165, 1.54) is 18.2 Å². The summed E-state index contributed by atoms with van der Waals surface area (Å²) in [5, 5.41) is 5.22. The van der Waals surface area contributed by atoms with Gasteiger partial charge >= 0.3 is 0 Å². The van der Waals surface area contributed by atoms with Crippen LogP contribution >= 0.6 is 0 Å². The van der Waals surface area contributed by atoms with Gasteiger partial charge in [-0.2, -0.15) is 8.42 Å². The van der Waals surface area contributed by atoms with Crippen molar-refractivity contribution in [3.63, 3.8) is 0 Å². The van der Waals surface area contributed by atoms with E-state index in [-0.39, 0.29) is 10.8 Å². The van der Waals surface area contributed by atoms with Crippen molar-refractivity contribution < 1.29 is 18.0 Å². The summed E-state index contributed by atoms with van der Waals surface area (Å²) < 4.78 is 29.7. The van der Waals surface area contributed by atoms with Crippen molar-refractivity contribution in [2.75, 3.05) is 26.0 Å². The Morgan fingerprint density at radius 2 is 1.82 bits per heavy atom. The molecule has 1 fully saturated rings. The Balaban J connectivity index is 1.69. The summed E-state index contributed by atoms with van der Waals surface area (Å²) in [6, 6.07) is 12.8. The van der Waals surface area contributed by atoms with E-state index in [2.05, 4.69) is 15.0 Å². The minimum Gasteiger partial charge on any atom is -0.362 e. The second-order valence-corrected chi connectivity index (χ2v) is 9.37. The zero-order valence-electron chi connectivity index (χ0n) is 18.7. The van der Waals surface area contributed by atoms with Crippen LogP contribution in [0.15, 0.2) is 63.9 Å². The predicted molar refractivity (Wildman–Crippen MR) is 130 cm³/mol. The lowest BCUT2D eigenvalue weighted by Gasteiger charge is -2.17. The monoisotopic (exact) mass is 468 g/mol. The van der Waals surface area contributed by atoms with Crippen molar-refractivity contribution in [2.45, 2.75) is 30.6 Å². The average Bonchev–Trinajstić information content (AvgIpc) is 3.01. The smallest absolute Gasteiger partial charge is 0.284 e. The number of likely N-dealkylation sites (tertiary alicyclic amines) is 1. The van der Waals surface area contributed by atoms with E-state index >= 15 is 0 Å². The Labute approximate surface area is 194 Å². The fourth-order valence-electron chi connectivity index (χ4n) is 3.42. The van der Waals surface area contributed by atoms with Gasteiger partial charge in [0.1, 0.15) is 5.84 Å². The first kappa shape index (κ1) is 24.2. The van der Waals surface area contributed by atoms with E-state index in [0.29, 0.717) is 23.5 Å². The number of rotatable bonds is 6. The molecule has 3 rings (SSSR count). The van der Waals surface area contributed by atoms with Crippen molar-refractivity contribution in [1.82, 2.24) is 10.2 Å². The van der Waals surface area contributed by atoms with Crippen molar-refractivity contribution in [1.29, 1.82) is 0 Å². The van der Waals surface area contributed by atoms with Crippen molar-refractivity contribution >= 4 is 39.4 Å². The SMILES string of the molecule is CNC(=O)c1ccc(C=CC(=O)Nc2cccc(S(=O)(=O)N=C3CCCCCN3C)c2)cc1. The van der Waals surface area contributed by atoms with Gasteiger partial charge in [0.25, 0.3) is 15.9 Å². The van der Waals surface area contributed by atoms with Gasteiger partial charge in [0, 0.05) is 44.4 Å². The van der Waals surface area contributed by atoms with E-state index < -0.39 is 15.9 Å². The molecule has 0 atom stereocenters. The van der Waals surface area contributed by atoms with Crippen LogP contribution in [0.3, 0.4) is 0 Å². The standard InChI is InChI=1S/C24H28N4O4S/c1-25-24(30)19-13-10-18(11-14-19)12-15-23(29)26-20-7-6-8-21(17-20)33(31,32)27-22-9-4-3-5-16-28(22)2/h6-8,10-15,17H,3-5,9,16H2,1-2H3,(H,25,30)(H,26,29). The van der Waals surface area contributed by atoms with Crippen LogP contribution in [0.5, 0.6) is 0 Å². The summed E-state index contributed by atoms with van der Waals surface area (Å²) in [4.78, 5) is 25.8. The number of hydrogen-bond acceptors (Lipinski definition) is 4. The second kappa shape index (κ2) is 10.9. The third-order valence-electron chi connectivity index (χ3n) is 5.29. The maximum Gasteiger partial charge on any atom is 0.284 e. The molecule has 0 aliphatic carbocycles. The molecule has 1 aliphatic heterocycles. The third-order valence-corrected chi connectivity index (χ3v) is 6.59. The molecule has 174 valence electrons. The summed E-state index contributed by atoms with van der Waals surface area (Å²) in [5.74, 6) is -0.0315. The van der Waals surface area contributed by atoms with Crippen LogP contribution in [0.4, 0.5) is 5.69 Å². The normalized spacial score (nSPS) is 15.9. The van der Waals surface area contributed by atoms with Gasteiger partial charge in [-0.25, -0.2) is 0 Å². The summed E-state index contributed by atoms with van der Waals surface area (Å²) in [6.45, 7) is 0.783.